The van der Waals surface area contributed by atoms with E-state index in [9.17, 15) is 24.3 Å². The molecule has 6 rings (SSSR count). The lowest BCUT2D eigenvalue weighted by Gasteiger charge is -2.67. The maximum atomic E-state index is 15.3. The number of hydrogen-bond acceptors (Lipinski definition) is 12. The fourth-order valence-electron chi connectivity index (χ4n) is 9.66. The summed E-state index contributed by atoms with van der Waals surface area (Å²) < 4.78 is 37.7. The van der Waals surface area contributed by atoms with E-state index < -0.39 is 96.4 Å². The van der Waals surface area contributed by atoms with Crippen molar-refractivity contribution < 1.29 is 57.2 Å². The van der Waals surface area contributed by atoms with Crippen molar-refractivity contribution in [1.82, 2.24) is 0 Å². The summed E-state index contributed by atoms with van der Waals surface area (Å²) in [5.41, 5.74) is -6.74. The summed E-state index contributed by atoms with van der Waals surface area (Å²) in [6, 6.07) is 10.4. The van der Waals surface area contributed by atoms with Gasteiger partial charge in [0.25, 0.3) is 0 Å². The first-order valence-electron chi connectivity index (χ1n) is 17.1. The number of carbonyl (C=O) groups excluding carboxylic acids is 5. The predicted molar refractivity (Wildman–Crippen MR) is 175 cm³/mol. The number of benzene rings is 1. The molecular weight excluding hydrogens is 652 g/mol. The number of ether oxygens (including phenoxy) is 5. The molecule has 0 unspecified atom stereocenters. The summed E-state index contributed by atoms with van der Waals surface area (Å²) >= 11 is 0. The van der Waals surface area contributed by atoms with Gasteiger partial charge in [-0.05, 0) is 55.3 Å². The van der Waals surface area contributed by atoms with E-state index in [0.29, 0.717) is 0 Å². The molecule has 2 bridgehead atoms. The number of carbonyl (C=O) groups is 5. The number of Topliss-reactive ketones (excluding diaryl/α,β-unsaturated/α-hetero) is 2. The van der Waals surface area contributed by atoms with Crippen LogP contribution in [0.15, 0.2) is 41.5 Å². The maximum Gasteiger partial charge on any atom is 0.510 e. The molecule has 1 aromatic carbocycles. The zero-order chi connectivity index (χ0) is 35.9. The van der Waals surface area contributed by atoms with Crippen LogP contribution in [0.25, 0.3) is 0 Å². The van der Waals surface area contributed by atoms with Crippen LogP contribution in [0.3, 0.4) is 0 Å². The molecule has 1 aromatic rings. The Morgan fingerprint density at radius 3 is 2.20 bits per heavy atom. The number of aliphatic hydroxyl groups excluding tert-OH is 1. The van der Waals surface area contributed by atoms with Gasteiger partial charge in [-0.25, -0.2) is 9.59 Å². The van der Waals surface area contributed by atoms with Gasteiger partial charge in [-0.1, -0.05) is 52.8 Å². The summed E-state index contributed by atoms with van der Waals surface area (Å²) in [4.78, 5) is 70.0. The highest BCUT2D eigenvalue weighted by molar-refractivity contribution is 6.73. The lowest BCUT2D eigenvalue weighted by molar-refractivity contribution is -0.342. The van der Waals surface area contributed by atoms with Crippen molar-refractivity contribution in [2.45, 2.75) is 122 Å². The van der Waals surface area contributed by atoms with Crippen molar-refractivity contribution in [3.05, 3.63) is 47.0 Å². The average Bonchev–Trinajstić information content (AvgIpc) is 3.44. The van der Waals surface area contributed by atoms with Gasteiger partial charge in [0.1, 0.15) is 12.2 Å². The molecule has 0 radical (unpaired) electrons. The van der Waals surface area contributed by atoms with E-state index in [0.717, 1.165) is 18.1 Å². The van der Waals surface area contributed by atoms with Crippen LogP contribution in [0.2, 0.25) is 18.1 Å². The van der Waals surface area contributed by atoms with E-state index in [1.54, 1.807) is 51.1 Å². The number of rotatable bonds is 8. The molecule has 4 fully saturated rings. The van der Waals surface area contributed by atoms with Crippen molar-refractivity contribution in [2.75, 3.05) is 6.61 Å². The largest absolute Gasteiger partial charge is 0.510 e. The summed E-state index contributed by atoms with van der Waals surface area (Å²) in [6.45, 7) is 13.6. The Balaban J connectivity index is 1.71. The molecule has 0 aromatic heterocycles. The third kappa shape index (κ3) is 4.68. The number of aliphatic hydroxyl groups is 1. The van der Waals surface area contributed by atoms with E-state index >= 15 is 4.79 Å². The topological polar surface area (TPSA) is 161 Å². The zero-order valence-electron chi connectivity index (χ0n) is 29.3. The molecule has 1 spiro atoms. The van der Waals surface area contributed by atoms with Crippen LogP contribution in [-0.2, 0) is 42.5 Å². The number of hydrogen-bond donors (Lipinski definition) is 1. The lowest BCUT2D eigenvalue weighted by Crippen LogP contribution is -2.83. The Bertz CT molecular complexity index is 1610. The Morgan fingerprint density at radius 2 is 1.65 bits per heavy atom. The first-order chi connectivity index (χ1) is 23.0. The molecule has 49 heavy (non-hydrogen) atoms. The normalized spacial score (nSPS) is 37.7. The quantitative estimate of drug-likeness (QED) is 0.231. The van der Waals surface area contributed by atoms with E-state index in [1.807, 2.05) is 0 Å². The molecule has 9 atom stereocenters. The Labute approximate surface area is 286 Å². The highest BCUT2D eigenvalue weighted by atomic mass is 28.4. The van der Waals surface area contributed by atoms with Crippen molar-refractivity contribution in [2.24, 2.45) is 16.7 Å². The van der Waals surface area contributed by atoms with Crippen LogP contribution < -0.4 is 0 Å². The number of esters is 2. The minimum Gasteiger partial charge on any atom is -0.454 e. The average molecular weight is 699 g/mol. The van der Waals surface area contributed by atoms with Crippen molar-refractivity contribution in [3.63, 3.8) is 0 Å². The smallest absolute Gasteiger partial charge is 0.454 e. The Hall–Kier alpha value is -3.39. The van der Waals surface area contributed by atoms with E-state index in [4.69, 9.17) is 28.1 Å². The second-order valence-electron chi connectivity index (χ2n) is 14.8. The van der Waals surface area contributed by atoms with Crippen LogP contribution in [-0.4, -0.2) is 91.4 Å². The highest BCUT2D eigenvalue weighted by Crippen LogP contribution is 2.66. The second-order valence-corrected chi connectivity index (χ2v) is 19.5. The molecule has 3 aliphatic carbocycles. The number of ketones is 2. The van der Waals surface area contributed by atoms with Crippen molar-refractivity contribution in [1.29, 1.82) is 0 Å². The summed E-state index contributed by atoms with van der Waals surface area (Å²) in [5.74, 6) is -4.22. The minimum atomic E-state index is -2.50. The third-order valence-corrected chi connectivity index (χ3v) is 17.2. The Morgan fingerprint density at radius 1 is 1.02 bits per heavy atom. The van der Waals surface area contributed by atoms with Crippen LogP contribution in [0.4, 0.5) is 4.79 Å². The Kier molecular flexibility index (Phi) is 8.57. The first kappa shape index (κ1) is 35.4. The van der Waals surface area contributed by atoms with E-state index in [-0.39, 0.29) is 29.7 Å². The van der Waals surface area contributed by atoms with Crippen LogP contribution >= 0.6 is 0 Å². The fraction of sp³-hybridized carbons (Fsp3) is 0.639. The van der Waals surface area contributed by atoms with Gasteiger partial charge in [0.05, 0.1) is 29.6 Å². The molecule has 12 nitrogen and oxygen atoms in total. The molecule has 5 aliphatic rings. The lowest BCUT2D eigenvalue weighted by atomic mass is 9.44. The first-order valence-corrected chi connectivity index (χ1v) is 19.7. The summed E-state index contributed by atoms with van der Waals surface area (Å²) in [5, 5.41) is 12.2. The van der Waals surface area contributed by atoms with Crippen LogP contribution in [0.1, 0.15) is 72.2 Å². The van der Waals surface area contributed by atoms with Crippen molar-refractivity contribution >= 4 is 38.0 Å². The zero-order valence-corrected chi connectivity index (χ0v) is 30.3. The van der Waals surface area contributed by atoms with Gasteiger partial charge < -0.3 is 33.2 Å². The second kappa shape index (κ2) is 11.8. The molecule has 2 saturated carbocycles. The monoisotopic (exact) mass is 698 g/mol. The molecule has 13 heteroatoms. The summed E-state index contributed by atoms with van der Waals surface area (Å²) in [6.07, 6.45) is -7.87. The van der Waals surface area contributed by atoms with Gasteiger partial charge >= 0.3 is 18.1 Å². The molecule has 1 N–H and O–H groups in total. The van der Waals surface area contributed by atoms with Crippen LogP contribution in [0.5, 0.6) is 0 Å². The maximum absolute atomic E-state index is 15.3. The van der Waals surface area contributed by atoms with Gasteiger partial charge in [-0.3, -0.25) is 14.4 Å². The standard InChI is InChI=1S/C36H46O12Si/c1-9-49(10-2,11-3)48-22-17-23-35(18-43-23,46-20(5)37)27-30(44-31(41)21-15-13-12-14-16-21)36-29(45-32(42)47-36)25(38)19(4)24(33(36,6)7)26(39)28(40)34(22,27)8/h12-16,22-23,26-27,29-30,39H,9-11,17-18H2,1-8H3/t22-,23+,26+,27-,29+,30-,34+,35-,36+/m0/s1. The third-order valence-electron chi connectivity index (χ3n) is 12.5. The van der Waals surface area contributed by atoms with E-state index in [2.05, 4.69) is 20.8 Å². The van der Waals surface area contributed by atoms with Crippen molar-refractivity contribution in [3.8, 4) is 0 Å². The summed E-state index contributed by atoms with van der Waals surface area (Å²) in [7, 11) is -2.50. The van der Waals surface area contributed by atoms with E-state index in [1.165, 1.54) is 13.8 Å². The molecule has 2 aliphatic heterocycles. The number of fused-ring (bicyclic) bond motifs is 4. The molecule has 2 saturated heterocycles. The highest BCUT2D eigenvalue weighted by Gasteiger charge is 2.83. The fourth-order valence-corrected chi connectivity index (χ4v) is 12.6. The predicted octanol–water partition coefficient (Wildman–Crippen LogP) is 4.47. The van der Waals surface area contributed by atoms with Gasteiger partial charge in [-0.2, -0.15) is 0 Å². The minimum absolute atomic E-state index is 0.0368. The molecular formula is C36H46O12Si. The molecule has 2 heterocycles. The van der Waals surface area contributed by atoms with Gasteiger partial charge in [-0.15, -0.1) is 0 Å². The molecule has 266 valence electrons. The van der Waals surface area contributed by atoms with Gasteiger partial charge in [0.15, 0.2) is 25.8 Å². The van der Waals surface area contributed by atoms with Gasteiger partial charge in [0.2, 0.25) is 17.5 Å². The SMILES string of the molecule is CC[Si](CC)(CC)O[C@H]1C[C@H]2OC[C@@]2(OC(C)=O)[C@H]2[C@H](OC(=O)c3ccccc3)[C@]34OC(=O)O[C@@H]3C(=O)C(C)=C([C@@H](O)C(=O)[C@]12C)C4(C)C. The van der Waals surface area contributed by atoms with Gasteiger partial charge in [0, 0.05) is 18.8 Å². The van der Waals surface area contributed by atoms with Crippen LogP contribution in [0, 0.1) is 16.7 Å². The molecule has 0 amide bonds.